The van der Waals surface area contributed by atoms with E-state index in [0.717, 1.165) is 10.0 Å². The molecule has 7 heteroatoms. The van der Waals surface area contributed by atoms with E-state index in [1.807, 2.05) is 24.3 Å². The molecule has 1 N–H and O–H groups in total. The topological polar surface area (TPSA) is 64.6 Å². The number of methoxy groups -OCH3 is 2. The molecule has 2 aromatic carbocycles. The summed E-state index contributed by atoms with van der Waals surface area (Å²) in [4.78, 5) is 0.119. The number of hydrogen-bond donors (Lipinski definition) is 1. The van der Waals surface area contributed by atoms with E-state index in [1.165, 1.54) is 26.4 Å². The monoisotopic (exact) mass is 399 g/mol. The molecule has 0 saturated heterocycles. The van der Waals surface area contributed by atoms with Crippen LogP contribution in [0.5, 0.6) is 11.5 Å². The molecular weight excluding hydrogens is 382 g/mol. The molecular formula is C16H18BrNO4S. The average molecular weight is 400 g/mol. The SMILES string of the molecule is COc1ccc(S(=O)(=O)N[C@H](C)c2ccccc2Br)cc1OC. The maximum Gasteiger partial charge on any atom is 0.241 e. The normalized spacial score (nSPS) is 12.7. The summed E-state index contributed by atoms with van der Waals surface area (Å²) in [7, 11) is -0.725. The minimum Gasteiger partial charge on any atom is -0.493 e. The van der Waals surface area contributed by atoms with Crippen LogP contribution < -0.4 is 14.2 Å². The second-order valence-corrected chi connectivity index (χ2v) is 7.45. The van der Waals surface area contributed by atoms with Crippen molar-refractivity contribution in [3.63, 3.8) is 0 Å². The fourth-order valence-electron chi connectivity index (χ4n) is 2.17. The number of sulfonamides is 1. The third-order valence-electron chi connectivity index (χ3n) is 3.37. The molecule has 0 fully saturated rings. The van der Waals surface area contributed by atoms with Gasteiger partial charge in [0.25, 0.3) is 0 Å². The predicted molar refractivity (Wildman–Crippen MR) is 92.4 cm³/mol. The van der Waals surface area contributed by atoms with Crippen molar-refractivity contribution in [1.29, 1.82) is 0 Å². The van der Waals surface area contributed by atoms with Gasteiger partial charge in [0.05, 0.1) is 19.1 Å². The number of nitrogens with one attached hydrogen (secondary N) is 1. The maximum absolute atomic E-state index is 12.6. The zero-order chi connectivity index (χ0) is 17.0. The van der Waals surface area contributed by atoms with Crippen LogP contribution in [-0.4, -0.2) is 22.6 Å². The molecule has 0 aliphatic rings. The van der Waals surface area contributed by atoms with Crippen molar-refractivity contribution in [2.45, 2.75) is 17.9 Å². The first kappa shape index (κ1) is 17.8. The van der Waals surface area contributed by atoms with Crippen LogP contribution in [0.25, 0.3) is 0 Å². The van der Waals surface area contributed by atoms with Gasteiger partial charge in [0, 0.05) is 16.6 Å². The zero-order valence-corrected chi connectivity index (χ0v) is 15.4. The molecule has 23 heavy (non-hydrogen) atoms. The number of rotatable bonds is 6. The summed E-state index contributed by atoms with van der Waals surface area (Å²) < 4.78 is 38.9. The lowest BCUT2D eigenvalue weighted by atomic mass is 10.1. The number of benzene rings is 2. The van der Waals surface area contributed by atoms with Crippen LogP contribution in [0.1, 0.15) is 18.5 Å². The van der Waals surface area contributed by atoms with Crippen molar-refractivity contribution in [2.24, 2.45) is 0 Å². The molecule has 0 amide bonds. The highest BCUT2D eigenvalue weighted by Crippen LogP contribution is 2.30. The van der Waals surface area contributed by atoms with E-state index >= 15 is 0 Å². The number of ether oxygens (including phenoxy) is 2. The molecule has 0 aliphatic heterocycles. The Bertz CT molecular complexity index is 792. The number of halogens is 1. The molecule has 1 atom stereocenters. The highest BCUT2D eigenvalue weighted by Gasteiger charge is 2.21. The van der Waals surface area contributed by atoms with Crippen molar-refractivity contribution in [1.82, 2.24) is 4.72 Å². The van der Waals surface area contributed by atoms with Gasteiger partial charge >= 0.3 is 0 Å². The van der Waals surface area contributed by atoms with Gasteiger partial charge < -0.3 is 9.47 Å². The lowest BCUT2D eigenvalue weighted by Crippen LogP contribution is -2.27. The standard InChI is InChI=1S/C16H18BrNO4S/c1-11(13-6-4-5-7-14(13)17)18-23(19,20)12-8-9-15(21-2)16(10-12)22-3/h4-11,18H,1-3H3/t11-/m1/s1. The molecule has 0 bridgehead atoms. The van der Waals surface area contributed by atoms with Crippen LogP contribution in [0.4, 0.5) is 0 Å². The lowest BCUT2D eigenvalue weighted by Gasteiger charge is -2.17. The summed E-state index contributed by atoms with van der Waals surface area (Å²) in [5, 5.41) is 0. The van der Waals surface area contributed by atoms with E-state index < -0.39 is 10.0 Å². The van der Waals surface area contributed by atoms with Gasteiger partial charge in [-0.25, -0.2) is 13.1 Å². The second kappa shape index (κ2) is 7.33. The lowest BCUT2D eigenvalue weighted by molar-refractivity contribution is 0.354. The van der Waals surface area contributed by atoms with Crippen molar-refractivity contribution in [2.75, 3.05) is 14.2 Å². The summed E-state index contributed by atoms with van der Waals surface area (Å²) in [6.07, 6.45) is 0. The largest absolute Gasteiger partial charge is 0.493 e. The van der Waals surface area contributed by atoms with E-state index in [-0.39, 0.29) is 10.9 Å². The average Bonchev–Trinajstić information content (AvgIpc) is 2.54. The van der Waals surface area contributed by atoms with Crippen LogP contribution in [0, 0.1) is 0 Å². The molecule has 0 aromatic heterocycles. The molecule has 0 unspecified atom stereocenters. The van der Waals surface area contributed by atoms with Crippen molar-refractivity contribution in [3.8, 4) is 11.5 Å². The quantitative estimate of drug-likeness (QED) is 0.806. The molecule has 124 valence electrons. The van der Waals surface area contributed by atoms with Gasteiger partial charge in [-0.1, -0.05) is 34.1 Å². The van der Waals surface area contributed by atoms with Crippen molar-refractivity contribution < 1.29 is 17.9 Å². The Morgan fingerprint density at radius 3 is 2.30 bits per heavy atom. The Labute approximate surface area is 144 Å². The summed E-state index contributed by atoms with van der Waals surface area (Å²) in [5.74, 6) is 0.842. The van der Waals surface area contributed by atoms with Gasteiger partial charge in [-0.3, -0.25) is 0 Å². The fraction of sp³-hybridized carbons (Fsp3) is 0.250. The smallest absolute Gasteiger partial charge is 0.241 e. The molecule has 0 heterocycles. The summed E-state index contributed by atoms with van der Waals surface area (Å²) in [6.45, 7) is 1.79. The van der Waals surface area contributed by atoms with E-state index in [1.54, 1.807) is 13.0 Å². The predicted octanol–water partition coefficient (Wildman–Crippen LogP) is 3.51. The van der Waals surface area contributed by atoms with E-state index in [0.29, 0.717) is 11.5 Å². The van der Waals surface area contributed by atoms with E-state index in [2.05, 4.69) is 20.7 Å². The minimum atomic E-state index is -3.69. The van der Waals surface area contributed by atoms with Gasteiger partial charge in [0.15, 0.2) is 11.5 Å². The summed E-state index contributed by atoms with van der Waals surface area (Å²) >= 11 is 3.43. The summed E-state index contributed by atoms with van der Waals surface area (Å²) in [5.41, 5.74) is 0.858. The van der Waals surface area contributed by atoms with Crippen molar-refractivity contribution >= 4 is 26.0 Å². The van der Waals surface area contributed by atoms with Gasteiger partial charge in [0.2, 0.25) is 10.0 Å². The highest BCUT2D eigenvalue weighted by atomic mass is 79.9. The van der Waals surface area contributed by atoms with Gasteiger partial charge in [-0.15, -0.1) is 0 Å². The Balaban J connectivity index is 2.30. The Morgan fingerprint density at radius 2 is 1.70 bits per heavy atom. The van der Waals surface area contributed by atoms with Crippen LogP contribution in [-0.2, 0) is 10.0 Å². The molecule has 0 saturated carbocycles. The van der Waals surface area contributed by atoms with Crippen LogP contribution in [0.2, 0.25) is 0 Å². The third-order valence-corrected chi connectivity index (χ3v) is 5.63. The van der Waals surface area contributed by atoms with Crippen molar-refractivity contribution in [3.05, 3.63) is 52.5 Å². The molecule has 2 aromatic rings. The van der Waals surface area contributed by atoms with E-state index in [9.17, 15) is 8.42 Å². The fourth-order valence-corrected chi connectivity index (χ4v) is 4.04. The number of hydrogen-bond acceptors (Lipinski definition) is 4. The molecule has 5 nitrogen and oxygen atoms in total. The zero-order valence-electron chi connectivity index (χ0n) is 13.0. The van der Waals surface area contributed by atoms with E-state index in [4.69, 9.17) is 9.47 Å². The molecule has 0 radical (unpaired) electrons. The maximum atomic E-state index is 12.6. The summed E-state index contributed by atoms with van der Waals surface area (Å²) in [6, 6.07) is 11.6. The first-order valence-corrected chi connectivity index (χ1v) is 9.15. The Hall–Kier alpha value is -1.57. The van der Waals surface area contributed by atoms with Crippen LogP contribution in [0.3, 0.4) is 0 Å². The van der Waals surface area contributed by atoms with Gasteiger partial charge in [-0.2, -0.15) is 0 Å². The Kier molecular flexibility index (Phi) is 5.67. The molecule has 0 aliphatic carbocycles. The molecule has 0 spiro atoms. The van der Waals surface area contributed by atoms with Crippen LogP contribution in [0.15, 0.2) is 51.8 Å². The minimum absolute atomic E-state index is 0.119. The third kappa shape index (κ3) is 4.04. The highest BCUT2D eigenvalue weighted by molar-refractivity contribution is 9.10. The second-order valence-electron chi connectivity index (χ2n) is 4.88. The van der Waals surface area contributed by atoms with Crippen LogP contribution >= 0.6 is 15.9 Å². The molecule has 2 rings (SSSR count). The Morgan fingerprint density at radius 1 is 1.04 bits per heavy atom. The first-order chi connectivity index (χ1) is 10.9. The van der Waals surface area contributed by atoms with Gasteiger partial charge in [0.1, 0.15) is 0 Å². The first-order valence-electron chi connectivity index (χ1n) is 6.88. The van der Waals surface area contributed by atoms with Gasteiger partial charge in [-0.05, 0) is 30.7 Å².